The maximum absolute atomic E-state index is 10.9. The van der Waals surface area contributed by atoms with Gasteiger partial charge < -0.3 is 20.4 Å². The van der Waals surface area contributed by atoms with E-state index in [9.17, 15) is 13.2 Å². The van der Waals surface area contributed by atoms with Gasteiger partial charge in [0.2, 0.25) is 0 Å². The SMILES string of the molecule is O=C(COS(=O)(=O)O)[C@H](O)[C@H](O)[C@@H](O)CO. The smallest absolute Gasteiger partial charge is 0.394 e. The summed E-state index contributed by atoms with van der Waals surface area (Å²) in [5.41, 5.74) is 0. The van der Waals surface area contributed by atoms with Crippen molar-refractivity contribution in [2.75, 3.05) is 13.2 Å². The highest BCUT2D eigenvalue weighted by Crippen LogP contribution is 2.02. The summed E-state index contributed by atoms with van der Waals surface area (Å²) in [6.45, 7) is -2.10. The van der Waals surface area contributed by atoms with Crippen LogP contribution in [0.5, 0.6) is 0 Å². The fourth-order valence-corrected chi connectivity index (χ4v) is 0.992. The zero-order valence-electron chi connectivity index (χ0n) is 7.92. The molecule has 0 saturated carbocycles. The largest absolute Gasteiger partial charge is 0.397 e. The Morgan fingerprint density at radius 3 is 2.12 bits per heavy atom. The van der Waals surface area contributed by atoms with Crippen molar-refractivity contribution in [1.29, 1.82) is 0 Å². The number of rotatable bonds is 7. The summed E-state index contributed by atoms with van der Waals surface area (Å²) < 4.78 is 31.9. The number of carbonyl (C=O) groups is 1. The van der Waals surface area contributed by atoms with Crippen molar-refractivity contribution in [2.24, 2.45) is 0 Å². The monoisotopic (exact) mass is 260 g/mol. The Morgan fingerprint density at radius 2 is 1.75 bits per heavy atom. The number of carbonyl (C=O) groups excluding carboxylic acids is 1. The van der Waals surface area contributed by atoms with Crippen molar-refractivity contribution in [2.45, 2.75) is 18.3 Å². The van der Waals surface area contributed by atoms with E-state index in [-0.39, 0.29) is 0 Å². The molecular formula is C6H12O9S. The normalized spacial score (nSPS) is 17.8. The summed E-state index contributed by atoms with van der Waals surface area (Å²) >= 11 is 0. The van der Waals surface area contributed by atoms with Crippen LogP contribution in [0.15, 0.2) is 0 Å². The molecule has 10 heteroatoms. The van der Waals surface area contributed by atoms with Gasteiger partial charge in [0.15, 0.2) is 5.78 Å². The summed E-state index contributed by atoms with van der Waals surface area (Å²) in [5, 5.41) is 35.3. The van der Waals surface area contributed by atoms with Gasteiger partial charge in [0.1, 0.15) is 24.9 Å². The van der Waals surface area contributed by atoms with Crippen molar-refractivity contribution < 1.29 is 42.4 Å². The molecule has 0 bridgehead atoms. The Hall–Kier alpha value is -0.620. The van der Waals surface area contributed by atoms with Crippen LogP contribution >= 0.6 is 0 Å². The molecule has 0 aromatic rings. The maximum Gasteiger partial charge on any atom is 0.397 e. The van der Waals surface area contributed by atoms with E-state index in [1.54, 1.807) is 0 Å². The molecule has 9 nitrogen and oxygen atoms in total. The van der Waals surface area contributed by atoms with Crippen molar-refractivity contribution in [1.82, 2.24) is 0 Å². The molecule has 5 N–H and O–H groups in total. The standard InChI is InChI=1S/C6H12O9S/c7-1-3(8)5(10)6(11)4(9)2-15-16(12,13)14/h3,5-8,10-11H,1-2H2,(H,12,13,14)/t3-,5+,6-/m0/s1. The Morgan fingerprint density at radius 1 is 1.25 bits per heavy atom. The molecule has 0 unspecified atom stereocenters. The molecule has 0 radical (unpaired) electrons. The van der Waals surface area contributed by atoms with Gasteiger partial charge in [-0.05, 0) is 0 Å². The number of aliphatic hydroxyl groups is 4. The van der Waals surface area contributed by atoms with Crippen LogP contribution in [0.4, 0.5) is 0 Å². The van der Waals surface area contributed by atoms with Crippen LogP contribution in [0, 0.1) is 0 Å². The molecule has 0 aliphatic heterocycles. The van der Waals surface area contributed by atoms with E-state index in [0.717, 1.165) is 0 Å². The molecule has 0 amide bonds. The van der Waals surface area contributed by atoms with Crippen molar-refractivity contribution in [3.63, 3.8) is 0 Å². The molecule has 3 atom stereocenters. The summed E-state index contributed by atoms with van der Waals surface area (Å²) in [6, 6.07) is 0. The predicted octanol–water partition coefficient (Wildman–Crippen LogP) is -3.55. The molecule has 0 rings (SSSR count). The lowest BCUT2D eigenvalue weighted by Gasteiger charge is -2.19. The van der Waals surface area contributed by atoms with Gasteiger partial charge in [-0.2, -0.15) is 8.42 Å². The fraction of sp³-hybridized carbons (Fsp3) is 0.833. The second-order valence-corrected chi connectivity index (χ2v) is 3.93. The van der Waals surface area contributed by atoms with Gasteiger partial charge in [-0.15, -0.1) is 0 Å². The summed E-state index contributed by atoms with van der Waals surface area (Å²) in [6.07, 6.45) is -5.88. The molecule has 0 fully saturated rings. The lowest BCUT2D eigenvalue weighted by molar-refractivity contribution is -0.142. The van der Waals surface area contributed by atoms with Gasteiger partial charge in [0, 0.05) is 0 Å². The van der Waals surface area contributed by atoms with Crippen LogP contribution in [-0.2, 0) is 19.4 Å². The highest BCUT2D eigenvalue weighted by atomic mass is 32.3. The first-order valence-electron chi connectivity index (χ1n) is 3.98. The van der Waals surface area contributed by atoms with Crippen LogP contribution in [0.1, 0.15) is 0 Å². The maximum atomic E-state index is 10.9. The Bertz CT molecular complexity index is 323. The minimum atomic E-state index is -4.83. The van der Waals surface area contributed by atoms with E-state index in [0.29, 0.717) is 0 Å². The Balaban J connectivity index is 4.29. The minimum Gasteiger partial charge on any atom is -0.394 e. The van der Waals surface area contributed by atoms with Crippen LogP contribution in [0.2, 0.25) is 0 Å². The lowest BCUT2D eigenvalue weighted by atomic mass is 10.1. The molecule has 0 spiro atoms. The van der Waals surface area contributed by atoms with Gasteiger partial charge in [-0.1, -0.05) is 0 Å². The van der Waals surface area contributed by atoms with Gasteiger partial charge in [-0.3, -0.25) is 9.35 Å². The van der Waals surface area contributed by atoms with Gasteiger partial charge in [-0.25, -0.2) is 4.18 Å². The first-order chi connectivity index (χ1) is 7.19. The highest BCUT2D eigenvalue weighted by molar-refractivity contribution is 7.80. The number of aliphatic hydroxyl groups excluding tert-OH is 4. The second-order valence-electron chi connectivity index (χ2n) is 2.84. The van der Waals surface area contributed by atoms with Gasteiger partial charge in [0.25, 0.3) is 0 Å². The van der Waals surface area contributed by atoms with E-state index in [2.05, 4.69) is 4.18 Å². The van der Waals surface area contributed by atoms with E-state index in [4.69, 9.17) is 25.0 Å². The zero-order valence-corrected chi connectivity index (χ0v) is 8.74. The zero-order chi connectivity index (χ0) is 12.9. The molecule has 96 valence electrons. The third kappa shape index (κ3) is 5.46. The van der Waals surface area contributed by atoms with Crippen LogP contribution in [-0.4, -0.2) is 70.7 Å². The van der Waals surface area contributed by atoms with E-state index in [1.807, 2.05) is 0 Å². The van der Waals surface area contributed by atoms with E-state index < -0.39 is 47.7 Å². The molecule has 0 saturated heterocycles. The van der Waals surface area contributed by atoms with Crippen LogP contribution in [0.25, 0.3) is 0 Å². The molecule has 0 aliphatic rings. The molecule has 0 aromatic carbocycles. The minimum absolute atomic E-state index is 0.898. The van der Waals surface area contributed by atoms with Gasteiger partial charge >= 0.3 is 10.4 Å². The summed E-state index contributed by atoms with van der Waals surface area (Å²) in [7, 11) is -4.83. The van der Waals surface area contributed by atoms with Crippen molar-refractivity contribution in [3.8, 4) is 0 Å². The fourth-order valence-electron chi connectivity index (χ4n) is 0.727. The molecular weight excluding hydrogens is 248 g/mol. The molecule has 0 aromatic heterocycles. The van der Waals surface area contributed by atoms with Crippen molar-refractivity contribution >= 4 is 16.2 Å². The topological polar surface area (TPSA) is 162 Å². The first kappa shape index (κ1) is 15.4. The van der Waals surface area contributed by atoms with Crippen LogP contribution in [0.3, 0.4) is 0 Å². The van der Waals surface area contributed by atoms with E-state index >= 15 is 0 Å². The third-order valence-corrected chi connectivity index (χ3v) is 2.00. The number of Topliss-reactive ketones (excluding diaryl/α,β-unsaturated/α-hetero) is 1. The average Bonchev–Trinajstić information content (AvgIpc) is 2.21. The quantitative estimate of drug-likeness (QED) is 0.292. The van der Waals surface area contributed by atoms with Crippen molar-refractivity contribution in [3.05, 3.63) is 0 Å². The highest BCUT2D eigenvalue weighted by Gasteiger charge is 2.30. The predicted molar refractivity (Wildman–Crippen MR) is 47.6 cm³/mol. The number of ketones is 1. The molecule has 0 aliphatic carbocycles. The lowest BCUT2D eigenvalue weighted by Crippen LogP contribution is -2.45. The Labute approximate surface area is 90.9 Å². The summed E-state index contributed by atoms with van der Waals surface area (Å²) in [4.78, 5) is 10.9. The first-order valence-corrected chi connectivity index (χ1v) is 5.35. The molecule has 0 heterocycles. The van der Waals surface area contributed by atoms with Crippen LogP contribution < -0.4 is 0 Å². The second kappa shape index (κ2) is 6.20. The van der Waals surface area contributed by atoms with Gasteiger partial charge in [0.05, 0.1) is 6.61 Å². The third-order valence-electron chi connectivity index (χ3n) is 1.58. The van der Waals surface area contributed by atoms with E-state index in [1.165, 1.54) is 0 Å². The molecule has 16 heavy (non-hydrogen) atoms. The Kier molecular flexibility index (Phi) is 5.96. The average molecular weight is 260 g/mol. The summed E-state index contributed by atoms with van der Waals surface area (Å²) in [5.74, 6) is -1.28. The number of hydrogen-bond donors (Lipinski definition) is 5. The number of hydrogen-bond acceptors (Lipinski definition) is 8.